The second-order valence-electron chi connectivity index (χ2n) is 1.92. The summed E-state index contributed by atoms with van der Waals surface area (Å²) in [6.45, 7) is 0. The smallest absolute Gasteiger partial charge is 0.151 e. The summed E-state index contributed by atoms with van der Waals surface area (Å²) in [5.41, 5.74) is 0.919. The minimum atomic E-state index is -0.317. The fourth-order valence-electron chi connectivity index (χ4n) is 0.820. The number of H-pyrrole nitrogens is 1. The molecular weight excluding hydrogens is 133 g/mol. The van der Waals surface area contributed by atoms with E-state index in [2.05, 4.69) is 15.2 Å². The molecular formula is C6H4FN3. The van der Waals surface area contributed by atoms with Crippen molar-refractivity contribution in [2.75, 3.05) is 0 Å². The molecule has 0 saturated carbocycles. The van der Waals surface area contributed by atoms with E-state index in [1.54, 1.807) is 0 Å². The summed E-state index contributed by atoms with van der Waals surface area (Å²) in [4.78, 5) is 3.87. The molecule has 2 aromatic rings. The van der Waals surface area contributed by atoms with Gasteiger partial charge in [0.1, 0.15) is 11.0 Å². The number of hydrogen-bond acceptors (Lipinski definition) is 2. The Morgan fingerprint density at radius 2 is 2.40 bits per heavy atom. The third kappa shape index (κ3) is 0.586. The standard InChI is InChI=1S/C6H4FN3/c7-4-1-2-8-5-3-9-10-6(4)5/h1-3H,(H,9,10). The van der Waals surface area contributed by atoms with E-state index in [1.807, 2.05) is 0 Å². The van der Waals surface area contributed by atoms with E-state index < -0.39 is 0 Å². The van der Waals surface area contributed by atoms with E-state index in [0.29, 0.717) is 11.0 Å². The molecule has 0 spiro atoms. The zero-order valence-electron chi connectivity index (χ0n) is 5.00. The van der Waals surface area contributed by atoms with Crippen molar-refractivity contribution in [1.29, 1.82) is 0 Å². The molecule has 0 aromatic carbocycles. The van der Waals surface area contributed by atoms with E-state index in [0.717, 1.165) is 0 Å². The van der Waals surface area contributed by atoms with Gasteiger partial charge in [-0.1, -0.05) is 0 Å². The highest BCUT2D eigenvalue weighted by molar-refractivity contribution is 5.73. The van der Waals surface area contributed by atoms with Crippen LogP contribution >= 0.6 is 0 Å². The molecule has 2 heterocycles. The minimum Gasteiger partial charge on any atom is -0.273 e. The van der Waals surface area contributed by atoms with E-state index >= 15 is 0 Å². The zero-order valence-corrected chi connectivity index (χ0v) is 5.00. The van der Waals surface area contributed by atoms with Gasteiger partial charge in [-0.2, -0.15) is 5.10 Å². The first kappa shape index (κ1) is 5.34. The van der Waals surface area contributed by atoms with Crippen molar-refractivity contribution in [3.05, 3.63) is 24.3 Å². The van der Waals surface area contributed by atoms with Gasteiger partial charge in [0.05, 0.1) is 6.20 Å². The molecule has 0 amide bonds. The molecule has 0 bridgehead atoms. The second-order valence-corrected chi connectivity index (χ2v) is 1.92. The molecule has 0 fully saturated rings. The Morgan fingerprint density at radius 3 is 3.20 bits per heavy atom. The van der Waals surface area contributed by atoms with Gasteiger partial charge in [-0.3, -0.25) is 10.1 Å². The first-order chi connectivity index (χ1) is 4.88. The number of hydrogen-bond donors (Lipinski definition) is 1. The van der Waals surface area contributed by atoms with Gasteiger partial charge in [-0.25, -0.2) is 4.39 Å². The van der Waals surface area contributed by atoms with Gasteiger partial charge in [0, 0.05) is 6.20 Å². The molecule has 0 atom stereocenters. The molecule has 50 valence electrons. The lowest BCUT2D eigenvalue weighted by atomic mass is 10.4. The van der Waals surface area contributed by atoms with Crippen LogP contribution in [0.25, 0.3) is 11.0 Å². The lowest BCUT2D eigenvalue weighted by Crippen LogP contribution is -1.78. The molecule has 0 aliphatic heterocycles. The average Bonchev–Trinajstić information content (AvgIpc) is 2.36. The highest BCUT2D eigenvalue weighted by Gasteiger charge is 2.00. The Labute approximate surface area is 55.9 Å². The molecule has 0 unspecified atom stereocenters. The fraction of sp³-hybridized carbons (Fsp3) is 0. The van der Waals surface area contributed by atoms with Gasteiger partial charge < -0.3 is 0 Å². The molecule has 2 aromatic heterocycles. The summed E-state index contributed by atoms with van der Waals surface area (Å²) in [5.74, 6) is -0.317. The number of halogens is 1. The van der Waals surface area contributed by atoms with E-state index in [1.165, 1.54) is 18.5 Å². The molecule has 0 aliphatic carbocycles. The minimum absolute atomic E-state index is 0.317. The van der Waals surface area contributed by atoms with E-state index in [-0.39, 0.29) is 5.82 Å². The van der Waals surface area contributed by atoms with Crippen LogP contribution in [0.3, 0.4) is 0 Å². The Balaban J connectivity index is 2.95. The van der Waals surface area contributed by atoms with Crippen molar-refractivity contribution >= 4 is 11.0 Å². The van der Waals surface area contributed by atoms with Gasteiger partial charge in [0.2, 0.25) is 0 Å². The topological polar surface area (TPSA) is 41.6 Å². The Kier molecular flexibility index (Phi) is 0.943. The van der Waals surface area contributed by atoms with Gasteiger partial charge in [-0.05, 0) is 6.07 Å². The monoisotopic (exact) mass is 137 g/mol. The molecule has 10 heavy (non-hydrogen) atoms. The molecule has 0 radical (unpaired) electrons. The van der Waals surface area contributed by atoms with Crippen LogP contribution in [0.4, 0.5) is 4.39 Å². The maximum Gasteiger partial charge on any atom is 0.151 e. The van der Waals surface area contributed by atoms with Gasteiger partial charge >= 0.3 is 0 Å². The predicted molar refractivity (Wildman–Crippen MR) is 33.8 cm³/mol. The van der Waals surface area contributed by atoms with E-state index in [4.69, 9.17) is 0 Å². The lowest BCUT2D eigenvalue weighted by Gasteiger charge is -1.86. The van der Waals surface area contributed by atoms with Crippen LogP contribution in [0.5, 0.6) is 0 Å². The summed E-state index contributed by atoms with van der Waals surface area (Å²) in [5, 5.41) is 6.13. The van der Waals surface area contributed by atoms with Crippen molar-refractivity contribution in [3.8, 4) is 0 Å². The number of aromatic nitrogens is 3. The van der Waals surface area contributed by atoms with Crippen molar-refractivity contribution in [2.24, 2.45) is 0 Å². The predicted octanol–water partition coefficient (Wildman–Crippen LogP) is 1.10. The van der Waals surface area contributed by atoms with Gasteiger partial charge in [0.25, 0.3) is 0 Å². The summed E-state index contributed by atoms with van der Waals surface area (Å²) in [6, 6.07) is 1.29. The van der Waals surface area contributed by atoms with Crippen molar-refractivity contribution in [2.45, 2.75) is 0 Å². The van der Waals surface area contributed by atoms with Crippen LogP contribution in [-0.4, -0.2) is 15.2 Å². The third-order valence-electron chi connectivity index (χ3n) is 1.29. The molecule has 0 aliphatic rings. The summed E-state index contributed by atoms with van der Waals surface area (Å²) in [7, 11) is 0. The first-order valence-corrected chi connectivity index (χ1v) is 2.81. The van der Waals surface area contributed by atoms with E-state index in [9.17, 15) is 4.39 Å². The van der Waals surface area contributed by atoms with Crippen LogP contribution < -0.4 is 0 Å². The third-order valence-corrected chi connectivity index (χ3v) is 1.29. The summed E-state index contributed by atoms with van der Waals surface area (Å²) in [6.07, 6.45) is 2.89. The Morgan fingerprint density at radius 1 is 1.50 bits per heavy atom. The number of pyridine rings is 1. The molecule has 2 rings (SSSR count). The quantitative estimate of drug-likeness (QED) is 0.590. The maximum absolute atomic E-state index is 12.7. The number of rotatable bonds is 0. The summed E-state index contributed by atoms with van der Waals surface area (Å²) >= 11 is 0. The van der Waals surface area contributed by atoms with Crippen LogP contribution in [-0.2, 0) is 0 Å². The van der Waals surface area contributed by atoms with Crippen molar-refractivity contribution < 1.29 is 4.39 Å². The van der Waals surface area contributed by atoms with Gasteiger partial charge in [0.15, 0.2) is 5.82 Å². The molecule has 4 heteroatoms. The van der Waals surface area contributed by atoms with Crippen LogP contribution in [0.2, 0.25) is 0 Å². The number of nitrogens with zero attached hydrogens (tertiary/aromatic N) is 2. The zero-order chi connectivity index (χ0) is 6.97. The second kappa shape index (κ2) is 1.76. The molecule has 1 N–H and O–H groups in total. The Bertz CT molecular complexity index is 355. The largest absolute Gasteiger partial charge is 0.273 e. The van der Waals surface area contributed by atoms with Gasteiger partial charge in [-0.15, -0.1) is 0 Å². The maximum atomic E-state index is 12.7. The van der Waals surface area contributed by atoms with Crippen LogP contribution in [0.15, 0.2) is 18.5 Å². The molecule has 3 nitrogen and oxygen atoms in total. The highest BCUT2D eigenvalue weighted by atomic mass is 19.1. The highest BCUT2D eigenvalue weighted by Crippen LogP contribution is 2.09. The van der Waals surface area contributed by atoms with Crippen LogP contribution in [0, 0.1) is 5.82 Å². The molecule has 0 saturated heterocycles. The SMILES string of the molecule is Fc1ccnc2cn[nH]c12. The Hall–Kier alpha value is -1.45. The first-order valence-electron chi connectivity index (χ1n) is 2.81. The number of aromatic amines is 1. The lowest BCUT2D eigenvalue weighted by molar-refractivity contribution is 0.635. The summed E-state index contributed by atoms with van der Waals surface area (Å²) < 4.78 is 12.7. The number of fused-ring (bicyclic) bond motifs is 1. The van der Waals surface area contributed by atoms with Crippen molar-refractivity contribution in [1.82, 2.24) is 15.2 Å². The number of nitrogens with one attached hydrogen (secondary N) is 1. The van der Waals surface area contributed by atoms with Crippen molar-refractivity contribution in [3.63, 3.8) is 0 Å². The fourth-order valence-corrected chi connectivity index (χ4v) is 0.820. The normalized spacial score (nSPS) is 10.5. The van der Waals surface area contributed by atoms with Crippen LogP contribution in [0.1, 0.15) is 0 Å². The average molecular weight is 137 g/mol.